The molecule has 0 bridgehead atoms. The normalized spacial score (nSPS) is 11.2. The molecule has 0 aliphatic heterocycles. The number of hydrogen-bond donors (Lipinski definition) is 1. The topological polar surface area (TPSA) is 95.7 Å². The first-order valence-corrected chi connectivity index (χ1v) is 10.7. The molecule has 3 aromatic rings. The van der Waals surface area contributed by atoms with Crippen molar-refractivity contribution in [3.63, 3.8) is 0 Å². The maximum absolute atomic E-state index is 11.4. The summed E-state index contributed by atoms with van der Waals surface area (Å²) >= 11 is 0. The molecule has 3 rings (SSSR count). The molecule has 0 atom stereocenters. The zero-order valence-corrected chi connectivity index (χ0v) is 18.7. The summed E-state index contributed by atoms with van der Waals surface area (Å²) in [5.41, 5.74) is 2.57. The van der Waals surface area contributed by atoms with Crippen molar-refractivity contribution in [2.24, 2.45) is 0 Å². The molecule has 0 saturated heterocycles. The fraction of sp³-hybridized carbons (Fsp3) is 0.375. The van der Waals surface area contributed by atoms with E-state index in [1.807, 2.05) is 18.2 Å². The van der Waals surface area contributed by atoms with Gasteiger partial charge in [0.05, 0.1) is 20.3 Å². The molecule has 0 saturated carbocycles. The molecule has 0 aliphatic carbocycles. The molecule has 0 aliphatic rings. The SMILES string of the molecule is CC=CC(=O)OCCCOc1cc(CCCC)c(O)c(-n2nc3ccc(OC)cc3n2)c1. The fourth-order valence-electron chi connectivity index (χ4n) is 3.18. The van der Waals surface area contributed by atoms with Crippen molar-refractivity contribution in [3.05, 3.63) is 48.0 Å². The number of aromatic hydroxyl groups is 1. The standard InChI is InChI=1S/C24H29N3O5/c1-4-6-9-17-14-19(31-12-7-13-32-23(28)8-5-2)16-22(24(17)29)27-25-20-11-10-18(30-3)15-21(20)26-27/h5,8,10-11,14-16,29H,4,6-7,9,12-13H2,1-3H3. The largest absolute Gasteiger partial charge is 0.505 e. The van der Waals surface area contributed by atoms with E-state index < -0.39 is 0 Å². The van der Waals surface area contributed by atoms with Crippen LogP contribution < -0.4 is 9.47 Å². The van der Waals surface area contributed by atoms with E-state index >= 15 is 0 Å². The molecule has 32 heavy (non-hydrogen) atoms. The van der Waals surface area contributed by atoms with Crippen LogP contribution in [0.2, 0.25) is 0 Å². The van der Waals surface area contributed by atoms with Gasteiger partial charge in [-0.3, -0.25) is 0 Å². The van der Waals surface area contributed by atoms with Crippen molar-refractivity contribution in [2.75, 3.05) is 20.3 Å². The zero-order chi connectivity index (χ0) is 22.9. The second-order valence-electron chi connectivity index (χ2n) is 7.27. The minimum absolute atomic E-state index is 0.137. The molecule has 0 unspecified atom stereocenters. The maximum Gasteiger partial charge on any atom is 0.330 e. The molecule has 0 amide bonds. The highest BCUT2D eigenvalue weighted by Crippen LogP contribution is 2.33. The summed E-state index contributed by atoms with van der Waals surface area (Å²) in [7, 11) is 1.60. The number of benzene rings is 2. The Morgan fingerprint density at radius 2 is 1.91 bits per heavy atom. The van der Waals surface area contributed by atoms with E-state index in [0.717, 1.165) is 18.4 Å². The molecule has 0 spiro atoms. The Hall–Kier alpha value is -3.55. The Bertz CT molecular complexity index is 1090. The number of aromatic nitrogens is 3. The number of fused-ring (bicyclic) bond motifs is 1. The number of esters is 1. The van der Waals surface area contributed by atoms with Gasteiger partial charge in [-0.25, -0.2) is 4.79 Å². The lowest BCUT2D eigenvalue weighted by Crippen LogP contribution is -2.08. The van der Waals surface area contributed by atoms with Crippen LogP contribution in [0, 0.1) is 0 Å². The van der Waals surface area contributed by atoms with Crippen molar-refractivity contribution in [1.29, 1.82) is 0 Å². The van der Waals surface area contributed by atoms with Gasteiger partial charge < -0.3 is 19.3 Å². The number of ether oxygens (including phenoxy) is 3. The predicted octanol–water partition coefficient (Wildman–Crippen LogP) is 4.37. The van der Waals surface area contributed by atoms with Gasteiger partial charge in [-0.05, 0) is 43.5 Å². The molecule has 1 heterocycles. The number of hydrogen-bond acceptors (Lipinski definition) is 7. The van der Waals surface area contributed by atoms with Crippen LogP contribution in [0.5, 0.6) is 17.2 Å². The summed E-state index contributed by atoms with van der Waals surface area (Å²) in [6.45, 7) is 4.50. The Kier molecular flexibility index (Phi) is 8.08. The highest BCUT2D eigenvalue weighted by atomic mass is 16.5. The monoisotopic (exact) mass is 439 g/mol. The number of allylic oxidation sites excluding steroid dienone is 1. The quantitative estimate of drug-likeness (QED) is 0.269. The summed E-state index contributed by atoms with van der Waals surface area (Å²) in [6, 6.07) is 8.99. The third kappa shape index (κ3) is 5.78. The van der Waals surface area contributed by atoms with E-state index in [9.17, 15) is 9.90 Å². The third-order valence-corrected chi connectivity index (χ3v) is 4.85. The molecule has 0 radical (unpaired) electrons. The van der Waals surface area contributed by atoms with Crippen molar-refractivity contribution < 1.29 is 24.1 Å². The second-order valence-corrected chi connectivity index (χ2v) is 7.27. The van der Waals surface area contributed by atoms with Crippen LogP contribution >= 0.6 is 0 Å². The van der Waals surface area contributed by atoms with Crippen LogP contribution in [0.3, 0.4) is 0 Å². The van der Waals surface area contributed by atoms with Gasteiger partial charge in [0.15, 0.2) is 0 Å². The molecule has 1 N–H and O–H groups in total. The molecule has 170 valence electrons. The number of nitrogens with zero attached hydrogens (tertiary/aromatic N) is 3. The van der Waals surface area contributed by atoms with E-state index in [4.69, 9.17) is 14.2 Å². The van der Waals surface area contributed by atoms with E-state index in [0.29, 0.717) is 47.7 Å². The smallest absolute Gasteiger partial charge is 0.330 e. The number of carbonyl (C=O) groups excluding carboxylic acids is 1. The fourth-order valence-corrected chi connectivity index (χ4v) is 3.18. The first-order chi connectivity index (χ1) is 15.5. The van der Waals surface area contributed by atoms with Gasteiger partial charge in [-0.15, -0.1) is 15.0 Å². The molecular weight excluding hydrogens is 410 g/mol. The first-order valence-electron chi connectivity index (χ1n) is 10.7. The lowest BCUT2D eigenvalue weighted by Gasteiger charge is -2.13. The Balaban J connectivity index is 1.81. The van der Waals surface area contributed by atoms with Crippen LogP contribution in [0.25, 0.3) is 16.7 Å². The highest BCUT2D eigenvalue weighted by Gasteiger charge is 2.16. The van der Waals surface area contributed by atoms with Crippen LogP contribution in [0.15, 0.2) is 42.5 Å². The van der Waals surface area contributed by atoms with Gasteiger partial charge in [-0.1, -0.05) is 19.4 Å². The summed E-state index contributed by atoms with van der Waals surface area (Å²) < 4.78 is 16.2. The van der Waals surface area contributed by atoms with Crippen LogP contribution in [-0.4, -0.2) is 46.4 Å². The number of aryl methyl sites for hydroxylation is 1. The zero-order valence-electron chi connectivity index (χ0n) is 18.7. The van der Waals surface area contributed by atoms with Gasteiger partial charge in [0.2, 0.25) is 0 Å². The minimum Gasteiger partial charge on any atom is -0.505 e. The van der Waals surface area contributed by atoms with Gasteiger partial charge >= 0.3 is 5.97 Å². The van der Waals surface area contributed by atoms with Crippen molar-refractivity contribution in [2.45, 2.75) is 39.5 Å². The Labute approximate surface area is 187 Å². The van der Waals surface area contributed by atoms with Crippen molar-refractivity contribution in [3.8, 4) is 22.9 Å². The van der Waals surface area contributed by atoms with Gasteiger partial charge in [0, 0.05) is 24.6 Å². The number of rotatable bonds is 11. The minimum atomic E-state index is -0.366. The Morgan fingerprint density at radius 1 is 1.09 bits per heavy atom. The van der Waals surface area contributed by atoms with Gasteiger partial charge in [0.25, 0.3) is 0 Å². The average molecular weight is 440 g/mol. The van der Waals surface area contributed by atoms with Crippen LogP contribution in [-0.2, 0) is 16.0 Å². The van der Waals surface area contributed by atoms with E-state index in [2.05, 4.69) is 17.1 Å². The molecular formula is C24H29N3O5. The molecule has 8 heteroatoms. The summed E-state index contributed by atoms with van der Waals surface area (Å²) in [5.74, 6) is 1.06. The van der Waals surface area contributed by atoms with E-state index in [-0.39, 0.29) is 18.3 Å². The highest BCUT2D eigenvalue weighted by molar-refractivity contribution is 5.81. The number of unbranched alkanes of at least 4 members (excludes halogenated alkanes) is 1. The van der Waals surface area contributed by atoms with Crippen LogP contribution in [0.4, 0.5) is 0 Å². The van der Waals surface area contributed by atoms with Gasteiger partial charge in [-0.2, -0.15) is 0 Å². The lowest BCUT2D eigenvalue weighted by atomic mass is 10.1. The van der Waals surface area contributed by atoms with E-state index in [1.165, 1.54) is 10.9 Å². The second kappa shape index (κ2) is 11.2. The summed E-state index contributed by atoms with van der Waals surface area (Å²) in [6.07, 6.45) is 6.21. The maximum atomic E-state index is 11.4. The van der Waals surface area contributed by atoms with E-state index in [1.54, 1.807) is 32.2 Å². The number of phenols is 1. The Morgan fingerprint density at radius 3 is 2.66 bits per heavy atom. The summed E-state index contributed by atoms with van der Waals surface area (Å²) in [5, 5.41) is 19.9. The third-order valence-electron chi connectivity index (χ3n) is 4.85. The number of methoxy groups -OCH3 is 1. The number of phenolic OH excluding ortho intramolecular Hbond substituents is 1. The molecule has 0 fully saturated rings. The predicted molar refractivity (Wildman–Crippen MR) is 122 cm³/mol. The molecule has 2 aromatic carbocycles. The van der Waals surface area contributed by atoms with Gasteiger partial charge in [0.1, 0.15) is 34.0 Å². The lowest BCUT2D eigenvalue weighted by molar-refractivity contribution is -0.137. The van der Waals surface area contributed by atoms with Crippen LogP contribution in [0.1, 0.15) is 38.7 Å². The van der Waals surface area contributed by atoms with Crippen molar-refractivity contribution >= 4 is 17.0 Å². The number of carbonyl (C=O) groups is 1. The summed E-state index contributed by atoms with van der Waals surface area (Å²) in [4.78, 5) is 12.8. The molecule has 1 aromatic heterocycles. The van der Waals surface area contributed by atoms with Crippen molar-refractivity contribution in [1.82, 2.24) is 15.0 Å². The molecule has 8 nitrogen and oxygen atoms in total. The first kappa shape index (κ1) is 23.1. The average Bonchev–Trinajstić information content (AvgIpc) is 3.22.